The molecule has 0 radical (unpaired) electrons. The van der Waals surface area contributed by atoms with E-state index >= 15 is 0 Å². The Kier molecular flexibility index (Phi) is 6.79. The molecule has 4 N–H and O–H groups in total. The number of amides is 1. The number of carboxylic acid groups (broad SMARTS) is 1. The summed E-state index contributed by atoms with van der Waals surface area (Å²) in [6.45, 7) is 7.94. The smallest absolute Gasteiger partial charge is 0.309 e. The maximum absolute atomic E-state index is 14.4. The third kappa shape index (κ3) is 4.71. The molecule has 0 unspecified atom stereocenters. The lowest BCUT2D eigenvalue weighted by atomic mass is 9.83. The summed E-state index contributed by atoms with van der Waals surface area (Å²) in [5.41, 5.74) is 6.41. The normalized spacial score (nSPS) is 22.4. The summed E-state index contributed by atoms with van der Waals surface area (Å²) in [7, 11) is 0. The lowest BCUT2D eigenvalue weighted by Crippen LogP contribution is -2.33. The molecule has 3 aromatic heterocycles. The molecule has 4 aromatic rings. The van der Waals surface area contributed by atoms with E-state index in [1.807, 2.05) is 4.68 Å². The number of nitrogen functional groups attached to an aromatic ring is 1. The molecular formula is C30H34FN7O3S. The van der Waals surface area contributed by atoms with E-state index in [0.717, 1.165) is 18.8 Å². The zero-order chi connectivity index (χ0) is 30.0. The second-order valence-corrected chi connectivity index (χ2v) is 13.4. The molecule has 1 atom stereocenters. The summed E-state index contributed by atoms with van der Waals surface area (Å²) in [5, 5.41) is 20.2. The van der Waals surface area contributed by atoms with Gasteiger partial charge in [-0.1, -0.05) is 19.8 Å². The lowest BCUT2D eigenvalue weighted by molar-refractivity contribution is -0.146. The molecule has 42 heavy (non-hydrogen) atoms. The minimum absolute atomic E-state index is 0.115. The van der Waals surface area contributed by atoms with Crippen LogP contribution in [0.25, 0.3) is 22.4 Å². The Hall–Kier alpha value is -3.93. The van der Waals surface area contributed by atoms with Gasteiger partial charge in [-0.3, -0.25) is 14.3 Å². The van der Waals surface area contributed by atoms with Gasteiger partial charge in [-0.05, 0) is 63.6 Å². The zero-order valence-corrected chi connectivity index (χ0v) is 24.9. The van der Waals surface area contributed by atoms with Crippen LogP contribution in [0.2, 0.25) is 0 Å². The minimum atomic E-state index is -1.25. The van der Waals surface area contributed by atoms with Gasteiger partial charge in [-0.15, -0.1) is 11.3 Å². The third-order valence-electron chi connectivity index (χ3n) is 8.80. The lowest BCUT2D eigenvalue weighted by Gasteiger charge is -2.26. The Morgan fingerprint density at radius 3 is 2.69 bits per heavy atom. The van der Waals surface area contributed by atoms with Crippen molar-refractivity contribution in [2.24, 2.45) is 17.3 Å². The fraction of sp³-hybridized carbons (Fsp3) is 0.467. The first-order valence-corrected chi connectivity index (χ1v) is 15.1. The van der Waals surface area contributed by atoms with Crippen molar-refractivity contribution in [1.82, 2.24) is 24.7 Å². The molecular weight excluding hydrogens is 557 g/mol. The summed E-state index contributed by atoms with van der Waals surface area (Å²) in [6.07, 6.45) is 4.76. The molecule has 4 heterocycles. The van der Waals surface area contributed by atoms with Crippen LogP contribution in [0.3, 0.4) is 0 Å². The summed E-state index contributed by atoms with van der Waals surface area (Å²) in [4.78, 5) is 39.0. The van der Waals surface area contributed by atoms with E-state index in [9.17, 15) is 19.1 Å². The first-order chi connectivity index (χ1) is 19.9. The Morgan fingerprint density at radius 1 is 1.24 bits per heavy atom. The van der Waals surface area contributed by atoms with Crippen LogP contribution in [0.15, 0.2) is 23.6 Å². The number of rotatable bonds is 7. The van der Waals surface area contributed by atoms with Gasteiger partial charge in [-0.2, -0.15) is 5.10 Å². The number of aliphatic carboxylic acids is 1. The monoisotopic (exact) mass is 591 g/mol. The number of halogens is 1. The number of benzene rings is 1. The number of thiazole rings is 1. The van der Waals surface area contributed by atoms with Crippen molar-refractivity contribution >= 4 is 45.8 Å². The van der Waals surface area contributed by atoms with Gasteiger partial charge in [-0.25, -0.2) is 19.3 Å². The van der Waals surface area contributed by atoms with Crippen molar-refractivity contribution < 1.29 is 19.1 Å². The summed E-state index contributed by atoms with van der Waals surface area (Å²) >= 11 is 1.27. The van der Waals surface area contributed by atoms with E-state index in [1.165, 1.54) is 36.3 Å². The predicted octanol–water partition coefficient (Wildman–Crippen LogP) is 5.41. The molecule has 0 bridgehead atoms. The number of carboxylic acids is 1. The molecule has 1 aliphatic carbocycles. The molecule has 1 aliphatic heterocycles. The molecule has 1 saturated carbocycles. The minimum Gasteiger partial charge on any atom is -0.481 e. The average molecular weight is 592 g/mol. The van der Waals surface area contributed by atoms with Crippen molar-refractivity contribution in [1.29, 1.82) is 0 Å². The molecule has 1 aromatic carbocycles. The van der Waals surface area contributed by atoms with Gasteiger partial charge in [0.2, 0.25) is 5.91 Å². The van der Waals surface area contributed by atoms with Crippen molar-refractivity contribution in [3.63, 3.8) is 0 Å². The van der Waals surface area contributed by atoms with E-state index in [0.29, 0.717) is 45.3 Å². The van der Waals surface area contributed by atoms with Crippen molar-refractivity contribution in [2.45, 2.75) is 71.8 Å². The molecule has 2 aliphatic rings. The van der Waals surface area contributed by atoms with E-state index in [4.69, 9.17) is 15.8 Å². The number of carbonyl (C=O) groups excluding carboxylic acids is 1. The van der Waals surface area contributed by atoms with E-state index in [-0.39, 0.29) is 35.6 Å². The maximum Gasteiger partial charge on any atom is 0.309 e. The fourth-order valence-corrected chi connectivity index (χ4v) is 7.06. The average Bonchev–Trinajstić information content (AvgIpc) is 3.60. The van der Waals surface area contributed by atoms with E-state index in [2.05, 4.69) is 22.2 Å². The Morgan fingerprint density at radius 2 is 1.98 bits per heavy atom. The van der Waals surface area contributed by atoms with E-state index < -0.39 is 16.8 Å². The molecule has 0 spiro atoms. The fourth-order valence-electron chi connectivity index (χ4n) is 6.07. The van der Waals surface area contributed by atoms with Gasteiger partial charge in [0.05, 0.1) is 22.2 Å². The van der Waals surface area contributed by atoms with Crippen LogP contribution in [0, 0.1) is 23.1 Å². The zero-order valence-electron chi connectivity index (χ0n) is 24.1. The second kappa shape index (κ2) is 10.1. The Balaban J connectivity index is 1.37. The molecule has 6 rings (SSSR count). The standard InChI is InChI=1S/C30H34FN7O3S/c1-15-5-7-16(8-6-15)13-38-20-11-17(31)9-10-19(20)22(37-38)25-34-23(32)21-24(35-25)36-26(39)30(21,4)27-33-18(14-42-27)12-29(2,3)28(40)41/h9-11,14-16H,5-8,12-13H2,1-4H3,(H,40,41)(H3,32,34,35,36,39)/t15?,16?,30-/m0/s1. The highest BCUT2D eigenvalue weighted by atomic mass is 32.1. The Labute approximate surface area is 246 Å². The van der Waals surface area contributed by atoms with Crippen molar-refractivity contribution in [3.8, 4) is 11.5 Å². The topological polar surface area (TPSA) is 149 Å². The number of anilines is 2. The van der Waals surface area contributed by atoms with Gasteiger partial charge in [0.25, 0.3) is 0 Å². The number of nitrogens with one attached hydrogen (secondary N) is 1. The van der Waals surface area contributed by atoms with Gasteiger partial charge >= 0.3 is 5.97 Å². The second-order valence-electron chi connectivity index (χ2n) is 12.6. The van der Waals surface area contributed by atoms with E-state index in [1.54, 1.807) is 32.2 Å². The van der Waals surface area contributed by atoms with Gasteiger partial charge in [0, 0.05) is 23.7 Å². The van der Waals surface area contributed by atoms with Gasteiger partial charge in [0.15, 0.2) is 5.82 Å². The first kappa shape index (κ1) is 28.2. The number of fused-ring (bicyclic) bond motifs is 2. The van der Waals surface area contributed by atoms with Crippen molar-refractivity contribution in [3.05, 3.63) is 45.7 Å². The number of nitrogens with zero attached hydrogens (tertiary/aromatic N) is 5. The van der Waals surface area contributed by atoms with Crippen LogP contribution in [0.1, 0.15) is 69.6 Å². The number of aromatic nitrogens is 5. The largest absolute Gasteiger partial charge is 0.481 e. The molecule has 1 amide bonds. The highest BCUT2D eigenvalue weighted by Gasteiger charge is 2.50. The quantitative estimate of drug-likeness (QED) is 0.258. The molecule has 1 fully saturated rings. The van der Waals surface area contributed by atoms with Crippen LogP contribution in [-0.4, -0.2) is 41.7 Å². The highest BCUT2D eigenvalue weighted by Crippen LogP contribution is 2.46. The van der Waals surface area contributed by atoms with Crippen molar-refractivity contribution in [2.75, 3.05) is 11.1 Å². The van der Waals surface area contributed by atoms with Crippen LogP contribution >= 0.6 is 11.3 Å². The van der Waals surface area contributed by atoms with Crippen LogP contribution < -0.4 is 11.1 Å². The van der Waals surface area contributed by atoms with Crippen LogP contribution in [0.5, 0.6) is 0 Å². The predicted molar refractivity (Wildman–Crippen MR) is 159 cm³/mol. The molecule has 10 nitrogen and oxygen atoms in total. The first-order valence-electron chi connectivity index (χ1n) is 14.2. The molecule has 12 heteroatoms. The summed E-state index contributed by atoms with van der Waals surface area (Å²) in [5.74, 6) is 0.186. The Bertz CT molecular complexity index is 1720. The maximum atomic E-state index is 14.4. The van der Waals surface area contributed by atoms with Gasteiger partial charge in [0.1, 0.15) is 33.6 Å². The number of hydrogen-bond acceptors (Lipinski definition) is 8. The number of nitrogens with two attached hydrogens (primary N) is 1. The number of hydrogen-bond donors (Lipinski definition) is 3. The summed E-state index contributed by atoms with van der Waals surface area (Å²) < 4.78 is 16.2. The number of carbonyl (C=O) groups is 2. The molecule has 220 valence electrons. The highest BCUT2D eigenvalue weighted by molar-refractivity contribution is 7.10. The van der Waals surface area contributed by atoms with Crippen LogP contribution in [-0.2, 0) is 28.0 Å². The van der Waals surface area contributed by atoms with Gasteiger partial charge < -0.3 is 16.2 Å². The third-order valence-corrected chi connectivity index (χ3v) is 9.91. The summed E-state index contributed by atoms with van der Waals surface area (Å²) in [6, 6.07) is 4.55. The van der Waals surface area contributed by atoms with Crippen LogP contribution in [0.4, 0.5) is 16.0 Å². The SMILES string of the molecule is CC1CCC(Cn2nc(-c3nc(N)c4c(n3)NC(=O)[C@@]4(C)c3nc(CC(C)(C)C(=O)O)cs3)c3ccc(F)cc32)CC1. The molecule has 0 saturated heterocycles.